The molecule has 2 aromatic heterocycles. The molecular formula is C16H18N4O3. The summed E-state index contributed by atoms with van der Waals surface area (Å²) >= 11 is 0. The lowest BCUT2D eigenvalue weighted by molar-refractivity contribution is -0.384. The van der Waals surface area contributed by atoms with Gasteiger partial charge >= 0.3 is 5.69 Å². The Hall–Kier alpha value is -2.70. The summed E-state index contributed by atoms with van der Waals surface area (Å²) in [6.45, 7) is 0.418. The van der Waals surface area contributed by atoms with Crippen LogP contribution in [0.2, 0.25) is 0 Å². The van der Waals surface area contributed by atoms with Crippen molar-refractivity contribution in [2.75, 3.05) is 5.32 Å². The quantitative estimate of drug-likeness (QED) is 0.650. The van der Waals surface area contributed by atoms with Crippen LogP contribution < -0.4 is 10.1 Å². The summed E-state index contributed by atoms with van der Waals surface area (Å²) in [7, 11) is 0. The zero-order valence-corrected chi connectivity index (χ0v) is 12.6. The van der Waals surface area contributed by atoms with Crippen LogP contribution in [0, 0.1) is 10.1 Å². The zero-order valence-electron chi connectivity index (χ0n) is 12.6. The highest BCUT2D eigenvalue weighted by Crippen LogP contribution is 2.24. The summed E-state index contributed by atoms with van der Waals surface area (Å²) in [4.78, 5) is 18.8. The summed E-state index contributed by atoms with van der Waals surface area (Å²) in [5.74, 6) is 0.860. The lowest BCUT2D eigenvalue weighted by atomic mass is 10.2. The second kappa shape index (κ2) is 7.04. The van der Waals surface area contributed by atoms with Crippen molar-refractivity contribution in [1.29, 1.82) is 0 Å². The molecule has 0 aliphatic heterocycles. The smallest absolute Gasteiger partial charge is 0.311 e. The Kier molecular flexibility index (Phi) is 4.65. The molecule has 0 aromatic carbocycles. The van der Waals surface area contributed by atoms with Crippen molar-refractivity contribution in [3.63, 3.8) is 0 Å². The van der Waals surface area contributed by atoms with E-state index in [0.29, 0.717) is 12.4 Å². The van der Waals surface area contributed by atoms with E-state index in [9.17, 15) is 10.1 Å². The highest BCUT2D eigenvalue weighted by atomic mass is 16.6. The molecule has 7 heteroatoms. The highest BCUT2D eigenvalue weighted by Gasteiger charge is 2.17. The van der Waals surface area contributed by atoms with E-state index in [4.69, 9.17) is 4.74 Å². The van der Waals surface area contributed by atoms with Crippen molar-refractivity contribution in [1.82, 2.24) is 9.97 Å². The van der Waals surface area contributed by atoms with Crippen molar-refractivity contribution in [3.8, 4) is 5.88 Å². The number of hydrogen-bond donors (Lipinski definition) is 1. The lowest BCUT2D eigenvalue weighted by Gasteiger charge is -2.13. The van der Waals surface area contributed by atoms with Crippen molar-refractivity contribution in [2.45, 2.75) is 38.3 Å². The zero-order chi connectivity index (χ0) is 16.1. The Morgan fingerprint density at radius 3 is 2.87 bits per heavy atom. The molecule has 0 amide bonds. The molecular weight excluding hydrogens is 296 g/mol. The van der Waals surface area contributed by atoms with Crippen LogP contribution in [0.25, 0.3) is 0 Å². The SMILES string of the molecule is O=[N+]([O-])c1cccnc1NCc1ccnc(OC2CCCC2)c1. The third kappa shape index (κ3) is 3.94. The summed E-state index contributed by atoms with van der Waals surface area (Å²) < 4.78 is 5.87. The lowest BCUT2D eigenvalue weighted by Crippen LogP contribution is -2.12. The molecule has 3 rings (SSSR count). The van der Waals surface area contributed by atoms with E-state index in [-0.39, 0.29) is 17.6 Å². The van der Waals surface area contributed by atoms with Gasteiger partial charge in [-0.1, -0.05) is 0 Å². The number of rotatable bonds is 6. The number of nitro groups is 1. The summed E-state index contributed by atoms with van der Waals surface area (Å²) in [6, 6.07) is 6.68. The molecule has 1 N–H and O–H groups in total. The van der Waals surface area contributed by atoms with Crippen LogP contribution in [-0.2, 0) is 6.54 Å². The van der Waals surface area contributed by atoms with Crippen molar-refractivity contribution >= 4 is 11.5 Å². The molecule has 0 spiro atoms. The van der Waals surface area contributed by atoms with E-state index in [1.54, 1.807) is 12.3 Å². The van der Waals surface area contributed by atoms with Gasteiger partial charge in [-0.15, -0.1) is 0 Å². The first-order chi connectivity index (χ1) is 11.2. The van der Waals surface area contributed by atoms with Crippen LogP contribution in [0.15, 0.2) is 36.7 Å². The highest BCUT2D eigenvalue weighted by molar-refractivity contribution is 5.55. The van der Waals surface area contributed by atoms with Gasteiger partial charge in [0.2, 0.25) is 11.7 Å². The fraction of sp³-hybridized carbons (Fsp3) is 0.375. The van der Waals surface area contributed by atoms with E-state index < -0.39 is 4.92 Å². The van der Waals surface area contributed by atoms with Crippen LogP contribution in [0.4, 0.5) is 11.5 Å². The summed E-state index contributed by atoms with van der Waals surface area (Å²) in [6.07, 6.45) is 8.02. The van der Waals surface area contributed by atoms with Gasteiger partial charge < -0.3 is 10.1 Å². The van der Waals surface area contributed by atoms with Crippen LogP contribution in [0.3, 0.4) is 0 Å². The van der Waals surface area contributed by atoms with E-state index >= 15 is 0 Å². The van der Waals surface area contributed by atoms with E-state index in [0.717, 1.165) is 18.4 Å². The van der Waals surface area contributed by atoms with Gasteiger partial charge in [-0.2, -0.15) is 0 Å². The van der Waals surface area contributed by atoms with Crippen LogP contribution in [0.1, 0.15) is 31.2 Å². The van der Waals surface area contributed by atoms with Gasteiger partial charge in [0.25, 0.3) is 0 Å². The first kappa shape index (κ1) is 15.2. The van der Waals surface area contributed by atoms with Gasteiger partial charge in [-0.05, 0) is 43.4 Å². The minimum absolute atomic E-state index is 0.0380. The second-order valence-corrected chi connectivity index (χ2v) is 5.51. The van der Waals surface area contributed by atoms with E-state index in [2.05, 4.69) is 15.3 Å². The fourth-order valence-electron chi connectivity index (χ4n) is 2.67. The fourth-order valence-corrected chi connectivity index (χ4v) is 2.67. The Balaban J connectivity index is 1.65. The molecule has 2 heterocycles. The predicted octanol–water partition coefficient (Wildman–Crippen LogP) is 3.32. The van der Waals surface area contributed by atoms with Crippen molar-refractivity contribution in [2.24, 2.45) is 0 Å². The molecule has 0 bridgehead atoms. The van der Waals surface area contributed by atoms with Gasteiger partial charge in [0.15, 0.2) is 0 Å². The first-order valence-electron chi connectivity index (χ1n) is 7.67. The molecule has 2 aromatic rings. The first-order valence-corrected chi connectivity index (χ1v) is 7.67. The molecule has 7 nitrogen and oxygen atoms in total. The Labute approximate surface area is 133 Å². The maximum absolute atomic E-state index is 11.0. The molecule has 1 aliphatic rings. The molecule has 1 aliphatic carbocycles. The molecule has 0 atom stereocenters. The molecule has 0 unspecified atom stereocenters. The molecule has 0 saturated heterocycles. The number of nitrogens with zero attached hydrogens (tertiary/aromatic N) is 3. The molecule has 120 valence electrons. The second-order valence-electron chi connectivity index (χ2n) is 5.51. The topological polar surface area (TPSA) is 90.2 Å². The van der Waals surface area contributed by atoms with Gasteiger partial charge in [0.1, 0.15) is 6.10 Å². The average molecular weight is 314 g/mol. The molecule has 23 heavy (non-hydrogen) atoms. The summed E-state index contributed by atoms with van der Waals surface area (Å²) in [5.41, 5.74) is 0.900. The molecule has 1 saturated carbocycles. The van der Waals surface area contributed by atoms with Crippen LogP contribution in [0.5, 0.6) is 5.88 Å². The predicted molar refractivity (Wildman–Crippen MR) is 85.3 cm³/mol. The van der Waals surface area contributed by atoms with Gasteiger partial charge in [-0.3, -0.25) is 10.1 Å². The number of hydrogen-bond acceptors (Lipinski definition) is 6. The standard InChI is InChI=1S/C16H18N4O3/c21-20(22)14-6-3-8-18-16(14)19-11-12-7-9-17-15(10-12)23-13-4-1-2-5-13/h3,6-10,13H,1-2,4-5,11H2,(H,18,19). The Morgan fingerprint density at radius 2 is 2.09 bits per heavy atom. The monoisotopic (exact) mass is 314 g/mol. The molecule has 1 fully saturated rings. The average Bonchev–Trinajstić information content (AvgIpc) is 3.06. The van der Waals surface area contributed by atoms with Gasteiger partial charge in [-0.25, -0.2) is 9.97 Å². The van der Waals surface area contributed by atoms with E-state index in [1.807, 2.05) is 12.1 Å². The summed E-state index contributed by atoms with van der Waals surface area (Å²) in [5, 5.41) is 14.0. The van der Waals surface area contributed by atoms with E-state index in [1.165, 1.54) is 25.1 Å². The third-order valence-corrected chi connectivity index (χ3v) is 3.83. The Morgan fingerprint density at radius 1 is 1.26 bits per heavy atom. The number of nitrogens with one attached hydrogen (secondary N) is 1. The van der Waals surface area contributed by atoms with Gasteiger partial charge in [0.05, 0.1) is 4.92 Å². The molecule has 0 radical (unpaired) electrons. The van der Waals surface area contributed by atoms with Crippen LogP contribution >= 0.6 is 0 Å². The largest absolute Gasteiger partial charge is 0.474 e. The Bertz CT molecular complexity index is 687. The number of ether oxygens (including phenoxy) is 1. The number of aromatic nitrogens is 2. The van der Waals surface area contributed by atoms with Gasteiger partial charge in [0, 0.05) is 31.1 Å². The normalized spacial score (nSPS) is 14.6. The van der Waals surface area contributed by atoms with Crippen molar-refractivity contribution in [3.05, 3.63) is 52.3 Å². The maximum atomic E-state index is 11.0. The van der Waals surface area contributed by atoms with Crippen molar-refractivity contribution < 1.29 is 9.66 Å². The van der Waals surface area contributed by atoms with Crippen LogP contribution in [-0.4, -0.2) is 21.0 Å². The number of anilines is 1. The minimum Gasteiger partial charge on any atom is -0.474 e. The maximum Gasteiger partial charge on any atom is 0.311 e. The third-order valence-electron chi connectivity index (χ3n) is 3.83. The minimum atomic E-state index is -0.448. The number of pyridine rings is 2.